The third-order valence-corrected chi connectivity index (χ3v) is 4.06. The molecule has 114 valence electrons. The average Bonchev–Trinajstić information content (AvgIpc) is 2.84. The van der Waals surface area contributed by atoms with Crippen LogP contribution < -0.4 is 4.90 Å². The fourth-order valence-electron chi connectivity index (χ4n) is 2.93. The van der Waals surface area contributed by atoms with Gasteiger partial charge in [-0.2, -0.15) is 0 Å². The first-order valence-corrected chi connectivity index (χ1v) is 7.05. The van der Waals surface area contributed by atoms with Crippen molar-refractivity contribution in [2.45, 2.75) is 38.2 Å². The molecule has 0 heterocycles. The zero-order valence-electron chi connectivity index (χ0n) is 12.3. The number of carbonyl (C=O) groups excluding carboxylic acids is 1. The Morgan fingerprint density at radius 1 is 1.43 bits per heavy atom. The molecule has 1 aromatic carbocycles. The van der Waals surface area contributed by atoms with Crippen molar-refractivity contribution < 1.29 is 14.8 Å². The summed E-state index contributed by atoms with van der Waals surface area (Å²) < 4.78 is 0. The Labute approximate surface area is 123 Å². The van der Waals surface area contributed by atoms with Crippen LogP contribution in [-0.4, -0.2) is 35.0 Å². The average molecular weight is 292 g/mol. The van der Waals surface area contributed by atoms with Crippen molar-refractivity contribution in [1.29, 1.82) is 0 Å². The highest BCUT2D eigenvalue weighted by Gasteiger charge is 2.32. The summed E-state index contributed by atoms with van der Waals surface area (Å²) in [5.74, 6) is -0.328. The van der Waals surface area contributed by atoms with Crippen LogP contribution in [0.4, 0.5) is 11.4 Å². The first kappa shape index (κ1) is 15.4. The van der Waals surface area contributed by atoms with Crippen molar-refractivity contribution in [2.75, 3.05) is 18.5 Å². The van der Waals surface area contributed by atoms with Gasteiger partial charge in [0.15, 0.2) is 5.78 Å². The summed E-state index contributed by atoms with van der Waals surface area (Å²) in [6.07, 6.45) is 3.53. The number of carbonyl (C=O) groups is 1. The van der Waals surface area contributed by atoms with E-state index in [2.05, 4.69) is 0 Å². The van der Waals surface area contributed by atoms with Crippen LogP contribution in [0, 0.1) is 10.1 Å². The van der Waals surface area contributed by atoms with Gasteiger partial charge in [0.05, 0.1) is 16.1 Å². The molecule has 1 N–H and O–H groups in total. The number of anilines is 1. The molecule has 1 fully saturated rings. The van der Waals surface area contributed by atoms with Crippen LogP contribution in [0.5, 0.6) is 0 Å². The molecule has 6 heteroatoms. The normalized spacial score (nSPS) is 16.7. The second-order valence-electron chi connectivity index (χ2n) is 5.80. The van der Waals surface area contributed by atoms with E-state index in [0.717, 1.165) is 25.7 Å². The highest BCUT2D eigenvalue weighted by atomic mass is 16.6. The number of Topliss-reactive ketones (excluding diaryl/α,β-unsaturated/α-hetero) is 1. The molecule has 1 aliphatic carbocycles. The predicted molar refractivity (Wildman–Crippen MR) is 79.8 cm³/mol. The number of nitro benzene ring substituents is 1. The molecule has 0 amide bonds. The third kappa shape index (κ3) is 3.39. The second kappa shape index (κ2) is 5.81. The minimum Gasteiger partial charge on any atom is -0.388 e. The van der Waals surface area contributed by atoms with Crippen molar-refractivity contribution >= 4 is 17.2 Å². The quantitative estimate of drug-likeness (QED) is 0.512. The Hall–Kier alpha value is -1.95. The molecule has 2 rings (SSSR count). The zero-order chi connectivity index (χ0) is 15.6. The molecule has 0 radical (unpaired) electrons. The fraction of sp³-hybridized carbons (Fsp3) is 0.533. The number of aliphatic hydroxyl groups is 1. The van der Waals surface area contributed by atoms with Crippen LogP contribution in [0.3, 0.4) is 0 Å². The lowest BCUT2D eigenvalue weighted by atomic mass is 10.0. The summed E-state index contributed by atoms with van der Waals surface area (Å²) >= 11 is 0. The van der Waals surface area contributed by atoms with Crippen LogP contribution in [0.2, 0.25) is 0 Å². The first-order chi connectivity index (χ1) is 9.82. The molecule has 21 heavy (non-hydrogen) atoms. The molecule has 0 spiro atoms. The maximum atomic E-state index is 11.4. The Morgan fingerprint density at radius 2 is 2.05 bits per heavy atom. The van der Waals surface area contributed by atoms with Crippen LogP contribution in [0.1, 0.15) is 43.0 Å². The maximum Gasteiger partial charge on any atom is 0.282 e. The Bertz CT molecular complexity index is 565. The molecule has 1 aliphatic rings. The van der Waals surface area contributed by atoms with E-state index in [-0.39, 0.29) is 17.0 Å². The van der Waals surface area contributed by atoms with Gasteiger partial charge in [-0.1, -0.05) is 12.8 Å². The Morgan fingerprint density at radius 3 is 2.57 bits per heavy atom. The van der Waals surface area contributed by atoms with E-state index in [0.29, 0.717) is 12.2 Å². The van der Waals surface area contributed by atoms with Gasteiger partial charge in [0.1, 0.15) is 0 Å². The van der Waals surface area contributed by atoms with Gasteiger partial charge in [-0.3, -0.25) is 14.9 Å². The van der Waals surface area contributed by atoms with Crippen molar-refractivity contribution in [3.8, 4) is 0 Å². The molecule has 1 saturated carbocycles. The largest absolute Gasteiger partial charge is 0.388 e. The molecular formula is C15H20N2O4. The van der Waals surface area contributed by atoms with Gasteiger partial charge >= 0.3 is 0 Å². The molecular weight excluding hydrogens is 272 g/mol. The van der Waals surface area contributed by atoms with Gasteiger partial charge < -0.3 is 10.0 Å². The fourth-order valence-corrected chi connectivity index (χ4v) is 2.93. The molecule has 1 aromatic rings. The number of ketones is 1. The van der Waals surface area contributed by atoms with Gasteiger partial charge in [0.25, 0.3) is 5.69 Å². The van der Waals surface area contributed by atoms with Crippen molar-refractivity contribution in [3.05, 3.63) is 33.9 Å². The lowest BCUT2D eigenvalue weighted by Gasteiger charge is -2.30. The monoisotopic (exact) mass is 292 g/mol. The molecule has 0 atom stereocenters. The number of hydrogen-bond acceptors (Lipinski definition) is 5. The lowest BCUT2D eigenvalue weighted by molar-refractivity contribution is -0.385. The number of hydrogen-bond donors (Lipinski definition) is 1. The van der Waals surface area contributed by atoms with Crippen LogP contribution in [-0.2, 0) is 0 Å². The van der Waals surface area contributed by atoms with Crippen LogP contribution >= 0.6 is 0 Å². The van der Waals surface area contributed by atoms with Gasteiger partial charge in [0.2, 0.25) is 0 Å². The minimum absolute atomic E-state index is 0.108. The summed E-state index contributed by atoms with van der Waals surface area (Å²) in [5, 5.41) is 21.5. The van der Waals surface area contributed by atoms with Crippen LogP contribution in [0.25, 0.3) is 0 Å². The van der Waals surface area contributed by atoms with E-state index >= 15 is 0 Å². The zero-order valence-corrected chi connectivity index (χ0v) is 12.3. The molecule has 0 saturated heterocycles. The Kier molecular flexibility index (Phi) is 4.27. The standard InChI is InChI=1S/C15H20N2O4/c1-11(18)13-6-5-12(9-14(13)17(20)21)16(2)10-15(19)7-3-4-8-15/h5-6,9,19H,3-4,7-8,10H2,1-2H3. The molecule has 0 bridgehead atoms. The molecule has 6 nitrogen and oxygen atoms in total. The van der Waals surface area contributed by atoms with Crippen molar-refractivity contribution in [1.82, 2.24) is 0 Å². The van der Waals surface area contributed by atoms with Crippen molar-refractivity contribution in [3.63, 3.8) is 0 Å². The smallest absolute Gasteiger partial charge is 0.282 e. The summed E-state index contributed by atoms with van der Waals surface area (Å²) in [7, 11) is 1.79. The number of likely N-dealkylation sites (N-methyl/N-ethyl adjacent to an activating group) is 1. The van der Waals surface area contributed by atoms with E-state index in [9.17, 15) is 20.0 Å². The SMILES string of the molecule is CC(=O)c1ccc(N(C)CC2(O)CCCC2)cc1[N+](=O)[O-]. The Balaban J connectivity index is 2.25. The highest BCUT2D eigenvalue weighted by Crippen LogP contribution is 2.32. The molecule has 0 aliphatic heterocycles. The molecule has 0 aromatic heterocycles. The maximum absolute atomic E-state index is 11.4. The van der Waals surface area contributed by atoms with E-state index in [1.807, 2.05) is 4.90 Å². The third-order valence-electron chi connectivity index (χ3n) is 4.06. The first-order valence-electron chi connectivity index (χ1n) is 7.05. The van der Waals surface area contributed by atoms with Gasteiger partial charge in [0, 0.05) is 25.3 Å². The number of nitrogens with zero attached hydrogens (tertiary/aromatic N) is 2. The van der Waals surface area contributed by atoms with E-state index < -0.39 is 10.5 Å². The topological polar surface area (TPSA) is 83.7 Å². The highest BCUT2D eigenvalue weighted by molar-refractivity contribution is 5.98. The number of benzene rings is 1. The van der Waals surface area contributed by atoms with Crippen molar-refractivity contribution in [2.24, 2.45) is 0 Å². The summed E-state index contributed by atoms with van der Waals surface area (Å²) in [6.45, 7) is 1.75. The van der Waals surface area contributed by atoms with E-state index in [4.69, 9.17) is 0 Å². The van der Waals surface area contributed by atoms with E-state index in [1.54, 1.807) is 13.1 Å². The number of nitro groups is 1. The lowest BCUT2D eigenvalue weighted by Crippen LogP contribution is -2.39. The predicted octanol–water partition coefficient (Wildman–Crippen LogP) is 2.54. The van der Waals surface area contributed by atoms with Gasteiger partial charge in [-0.15, -0.1) is 0 Å². The summed E-state index contributed by atoms with van der Waals surface area (Å²) in [4.78, 5) is 23.8. The number of rotatable bonds is 5. The minimum atomic E-state index is -0.719. The van der Waals surface area contributed by atoms with Gasteiger partial charge in [-0.25, -0.2) is 0 Å². The summed E-state index contributed by atoms with van der Waals surface area (Å²) in [5.41, 5.74) is -0.169. The van der Waals surface area contributed by atoms with Crippen LogP contribution in [0.15, 0.2) is 18.2 Å². The second-order valence-corrected chi connectivity index (χ2v) is 5.80. The summed E-state index contributed by atoms with van der Waals surface area (Å²) in [6, 6.07) is 4.56. The van der Waals surface area contributed by atoms with E-state index in [1.165, 1.54) is 19.1 Å². The van der Waals surface area contributed by atoms with Gasteiger partial charge in [-0.05, 0) is 31.9 Å². The molecule has 0 unspecified atom stereocenters.